The molecule has 0 saturated carbocycles. The van der Waals surface area contributed by atoms with Gasteiger partial charge in [-0.25, -0.2) is 0 Å². The van der Waals surface area contributed by atoms with Crippen molar-refractivity contribution in [2.24, 2.45) is 5.92 Å². The minimum Gasteiger partial charge on any atom is -0.296 e. The topological polar surface area (TPSA) is 38.3 Å². The number of carbonyl (C=O) groups excluding carboxylic acids is 1. The summed E-state index contributed by atoms with van der Waals surface area (Å²) in [6.45, 7) is 5.48. The number of benzene rings is 1. The summed E-state index contributed by atoms with van der Waals surface area (Å²) in [7, 11) is 0. The maximum Gasteiger partial charge on any atom is 0.166 e. The highest BCUT2D eigenvalue weighted by molar-refractivity contribution is 5.84. The number of rotatable bonds is 5. The van der Waals surface area contributed by atoms with E-state index in [4.69, 9.17) is 4.84 Å². The van der Waals surface area contributed by atoms with Crippen LogP contribution in [-0.2, 0) is 9.63 Å². The second-order valence-corrected chi connectivity index (χ2v) is 3.79. The summed E-state index contributed by atoms with van der Waals surface area (Å²) >= 11 is 0. The second kappa shape index (κ2) is 5.51. The Labute approximate surface area is 90.4 Å². The summed E-state index contributed by atoms with van der Waals surface area (Å²) < 4.78 is 0. The van der Waals surface area contributed by atoms with Crippen molar-refractivity contribution in [3.05, 3.63) is 30.3 Å². The van der Waals surface area contributed by atoms with E-state index in [9.17, 15) is 4.79 Å². The van der Waals surface area contributed by atoms with Gasteiger partial charge < -0.3 is 0 Å². The summed E-state index contributed by atoms with van der Waals surface area (Å²) in [5, 5.41) is 0. The molecule has 0 aromatic heterocycles. The van der Waals surface area contributed by atoms with Crippen LogP contribution in [0.1, 0.15) is 20.8 Å². The Morgan fingerprint density at radius 2 is 1.80 bits per heavy atom. The molecule has 3 heteroatoms. The van der Waals surface area contributed by atoms with E-state index >= 15 is 0 Å². The number of anilines is 1. The first kappa shape index (κ1) is 11.7. The molecule has 0 aliphatic rings. The van der Waals surface area contributed by atoms with Crippen molar-refractivity contribution in [2.45, 2.75) is 26.9 Å². The molecule has 1 aromatic rings. The van der Waals surface area contributed by atoms with E-state index in [2.05, 4.69) is 5.48 Å². The van der Waals surface area contributed by atoms with Crippen LogP contribution in [0.15, 0.2) is 30.3 Å². The van der Waals surface area contributed by atoms with Crippen LogP contribution in [0, 0.1) is 5.92 Å². The van der Waals surface area contributed by atoms with Gasteiger partial charge in [-0.15, -0.1) is 0 Å². The highest BCUT2D eigenvalue weighted by Crippen LogP contribution is 2.08. The normalized spacial score (nSPS) is 12.5. The van der Waals surface area contributed by atoms with Crippen molar-refractivity contribution in [2.75, 3.05) is 5.48 Å². The smallest absolute Gasteiger partial charge is 0.166 e. The monoisotopic (exact) mass is 207 g/mol. The molecule has 0 saturated heterocycles. The Hall–Kier alpha value is -1.35. The fourth-order valence-electron chi connectivity index (χ4n) is 1.19. The van der Waals surface area contributed by atoms with E-state index in [0.717, 1.165) is 5.69 Å². The van der Waals surface area contributed by atoms with Crippen molar-refractivity contribution < 1.29 is 9.63 Å². The van der Waals surface area contributed by atoms with Gasteiger partial charge in [0.05, 0.1) is 5.69 Å². The standard InChI is InChI=1S/C12H17NO2/c1-9(2)12(14)10(3)15-13-11-7-5-4-6-8-11/h4-10,13H,1-3H3. The number of hydrogen-bond acceptors (Lipinski definition) is 3. The maximum absolute atomic E-state index is 11.5. The summed E-state index contributed by atoms with van der Waals surface area (Å²) in [4.78, 5) is 16.8. The molecule has 0 fully saturated rings. The lowest BCUT2D eigenvalue weighted by Gasteiger charge is -2.14. The van der Waals surface area contributed by atoms with Crippen LogP contribution in [0.2, 0.25) is 0 Å². The molecule has 0 heterocycles. The molecule has 1 unspecified atom stereocenters. The molecule has 1 atom stereocenters. The minimum atomic E-state index is -0.426. The van der Waals surface area contributed by atoms with E-state index in [0.29, 0.717) is 0 Å². The number of para-hydroxylation sites is 1. The predicted molar refractivity (Wildman–Crippen MR) is 60.5 cm³/mol. The molecule has 1 aromatic carbocycles. The Morgan fingerprint density at radius 3 is 2.33 bits per heavy atom. The number of Topliss-reactive ketones (excluding diaryl/α,β-unsaturated/α-hetero) is 1. The third-order valence-corrected chi connectivity index (χ3v) is 2.10. The molecule has 0 aliphatic heterocycles. The summed E-state index contributed by atoms with van der Waals surface area (Å²) in [6.07, 6.45) is -0.426. The van der Waals surface area contributed by atoms with Crippen molar-refractivity contribution in [1.82, 2.24) is 0 Å². The third-order valence-electron chi connectivity index (χ3n) is 2.10. The van der Waals surface area contributed by atoms with Gasteiger partial charge in [-0.05, 0) is 19.1 Å². The van der Waals surface area contributed by atoms with E-state index in [1.54, 1.807) is 6.92 Å². The molecule has 0 radical (unpaired) electrons. The van der Waals surface area contributed by atoms with E-state index < -0.39 is 6.10 Å². The SMILES string of the molecule is CC(C)C(=O)C(C)ONc1ccccc1. The molecule has 3 nitrogen and oxygen atoms in total. The lowest BCUT2D eigenvalue weighted by atomic mass is 10.1. The van der Waals surface area contributed by atoms with Crippen LogP contribution in [0.3, 0.4) is 0 Å². The van der Waals surface area contributed by atoms with Gasteiger partial charge in [0.2, 0.25) is 0 Å². The van der Waals surface area contributed by atoms with Gasteiger partial charge in [0, 0.05) is 5.92 Å². The Balaban J connectivity index is 2.41. The largest absolute Gasteiger partial charge is 0.296 e. The van der Waals surface area contributed by atoms with Crippen LogP contribution in [0.4, 0.5) is 5.69 Å². The molecule has 15 heavy (non-hydrogen) atoms. The fraction of sp³-hybridized carbons (Fsp3) is 0.417. The van der Waals surface area contributed by atoms with Gasteiger partial charge in [0.15, 0.2) is 5.78 Å². The minimum absolute atomic E-state index is 0.00225. The molecule has 0 amide bonds. The first-order chi connectivity index (χ1) is 7.11. The Morgan fingerprint density at radius 1 is 1.20 bits per heavy atom. The van der Waals surface area contributed by atoms with Crippen molar-refractivity contribution >= 4 is 11.5 Å². The molecular weight excluding hydrogens is 190 g/mol. The Bertz CT molecular complexity index is 309. The number of hydrogen-bond donors (Lipinski definition) is 1. The fourth-order valence-corrected chi connectivity index (χ4v) is 1.19. The molecule has 82 valence electrons. The molecule has 0 bridgehead atoms. The molecular formula is C12H17NO2. The van der Waals surface area contributed by atoms with Crippen LogP contribution < -0.4 is 5.48 Å². The average molecular weight is 207 g/mol. The zero-order valence-electron chi connectivity index (χ0n) is 9.36. The van der Waals surface area contributed by atoms with Crippen molar-refractivity contribution in [3.63, 3.8) is 0 Å². The van der Waals surface area contributed by atoms with Crippen LogP contribution in [0.5, 0.6) is 0 Å². The van der Waals surface area contributed by atoms with Crippen LogP contribution >= 0.6 is 0 Å². The van der Waals surface area contributed by atoms with Crippen molar-refractivity contribution in [3.8, 4) is 0 Å². The first-order valence-electron chi connectivity index (χ1n) is 5.11. The number of carbonyl (C=O) groups is 1. The summed E-state index contributed by atoms with van der Waals surface area (Å²) in [6, 6.07) is 9.49. The summed E-state index contributed by atoms with van der Waals surface area (Å²) in [5.74, 6) is 0.0935. The highest BCUT2D eigenvalue weighted by Gasteiger charge is 2.17. The van der Waals surface area contributed by atoms with Gasteiger partial charge in [0.1, 0.15) is 6.10 Å². The quantitative estimate of drug-likeness (QED) is 0.754. The molecule has 1 N–H and O–H groups in total. The van der Waals surface area contributed by atoms with Gasteiger partial charge in [-0.3, -0.25) is 15.1 Å². The maximum atomic E-state index is 11.5. The number of ketones is 1. The molecule has 0 spiro atoms. The van der Waals surface area contributed by atoms with Gasteiger partial charge in [0.25, 0.3) is 0 Å². The first-order valence-corrected chi connectivity index (χ1v) is 5.11. The van der Waals surface area contributed by atoms with E-state index in [1.807, 2.05) is 44.2 Å². The lowest BCUT2D eigenvalue weighted by Crippen LogP contribution is -2.27. The average Bonchev–Trinajstić information content (AvgIpc) is 2.26. The lowest BCUT2D eigenvalue weighted by molar-refractivity contribution is -0.130. The molecule has 1 rings (SSSR count). The van der Waals surface area contributed by atoms with Gasteiger partial charge in [-0.1, -0.05) is 32.0 Å². The predicted octanol–water partition coefficient (Wildman–Crippen LogP) is 2.64. The third kappa shape index (κ3) is 3.72. The zero-order valence-corrected chi connectivity index (χ0v) is 9.36. The van der Waals surface area contributed by atoms with Crippen molar-refractivity contribution in [1.29, 1.82) is 0 Å². The highest BCUT2D eigenvalue weighted by atomic mass is 16.7. The summed E-state index contributed by atoms with van der Waals surface area (Å²) in [5.41, 5.74) is 3.61. The Kier molecular flexibility index (Phi) is 4.31. The van der Waals surface area contributed by atoms with Crippen LogP contribution in [-0.4, -0.2) is 11.9 Å². The van der Waals surface area contributed by atoms with Gasteiger partial charge in [-0.2, -0.15) is 0 Å². The second-order valence-electron chi connectivity index (χ2n) is 3.79. The molecule has 0 aliphatic carbocycles. The van der Waals surface area contributed by atoms with E-state index in [-0.39, 0.29) is 11.7 Å². The van der Waals surface area contributed by atoms with E-state index in [1.165, 1.54) is 0 Å². The van der Waals surface area contributed by atoms with Crippen LogP contribution in [0.25, 0.3) is 0 Å². The number of nitrogens with one attached hydrogen (secondary N) is 1. The zero-order chi connectivity index (χ0) is 11.3. The van der Waals surface area contributed by atoms with Gasteiger partial charge >= 0.3 is 0 Å².